The summed E-state index contributed by atoms with van der Waals surface area (Å²) in [6.07, 6.45) is 4.64. The van der Waals surface area contributed by atoms with Gasteiger partial charge in [0.1, 0.15) is 0 Å². The normalized spacial score (nSPS) is 17.2. The predicted molar refractivity (Wildman–Crippen MR) is 67.5 cm³/mol. The van der Waals surface area contributed by atoms with E-state index in [-0.39, 0.29) is 0 Å². The largest absolute Gasteiger partial charge is 0.371 e. The van der Waals surface area contributed by atoms with Crippen molar-refractivity contribution in [1.82, 2.24) is 4.98 Å². The van der Waals surface area contributed by atoms with Crippen molar-refractivity contribution in [1.29, 1.82) is 0 Å². The van der Waals surface area contributed by atoms with Crippen LogP contribution in [0, 0.1) is 12.8 Å². The molecular weight excluding hydrogens is 198 g/mol. The Kier molecular flexibility index (Phi) is 3.15. The number of nitrogens with two attached hydrogens (primary N) is 1. The van der Waals surface area contributed by atoms with E-state index in [9.17, 15) is 0 Å². The van der Waals surface area contributed by atoms with E-state index >= 15 is 0 Å². The lowest BCUT2D eigenvalue weighted by Gasteiger charge is -2.29. The van der Waals surface area contributed by atoms with E-state index in [0.29, 0.717) is 12.6 Å². The SMILES string of the molecule is Cc1cc(N(C)C(C)C2CC2)c(CN)cn1. The molecule has 3 heteroatoms. The Bertz CT molecular complexity index is 371. The van der Waals surface area contributed by atoms with Crippen molar-refractivity contribution in [2.75, 3.05) is 11.9 Å². The molecule has 88 valence electrons. The molecule has 0 bridgehead atoms. The van der Waals surface area contributed by atoms with Crippen LogP contribution in [0.3, 0.4) is 0 Å². The first-order valence-corrected chi connectivity index (χ1v) is 6.02. The Morgan fingerprint density at radius 2 is 2.25 bits per heavy atom. The first-order chi connectivity index (χ1) is 7.63. The van der Waals surface area contributed by atoms with Crippen LogP contribution in [-0.4, -0.2) is 18.1 Å². The number of aryl methyl sites for hydroxylation is 1. The van der Waals surface area contributed by atoms with Gasteiger partial charge >= 0.3 is 0 Å². The average Bonchev–Trinajstić information content (AvgIpc) is 3.11. The molecular formula is C13H21N3. The van der Waals surface area contributed by atoms with Crippen LogP contribution in [0.25, 0.3) is 0 Å². The minimum atomic E-state index is 0.560. The molecule has 1 aromatic heterocycles. The molecule has 16 heavy (non-hydrogen) atoms. The Labute approximate surface area is 97.7 Å². The van der Waals surface area contributed by atoms with Crippen LogP contribution < -0.4 is 10.6 Å². The van der Waals surface area contributed by atoms with Gasteiger partial charge in [-0.05, 0) is 38.7 Å². The van der Waals surface area contributed by atoms with Gasteiger partial charge in [-0.25, -0.2) is 0 Å². The lowest BCUT2D eigenvalue weighted by atomic mass is 10.1. The number of nitrogens with zero attached hydrogens (tertiary/aromatic N) is 2. The molecule has 2 rings (SSSR count). The highest BCUT2D eigenvalue weighted by Gasteiger charge is 2.31. The summed E-state index contributed by atoms with van der Waals surface area (Å²) < 4.78 is 0. The van der Waals surface area contributed by atoms with Gasteiger partial charge in [0.05, 0.1) is 0 Å². The second kappa shape index (κ2) is 4.42. The van der Waals surface area contributed by atoms with Gasteiger partial charge in [0.15, 0.2) is 0 Å². The van der Waals surface area contributed by atoms with Gasteiger partial charge in [-0.1, -0.05) is 0 Å². The van der Waals surface area contributed by atoms with Gasteiger partial charge in [-0.2, -0.15) is 0 Å². The van der Waals surface area contributed by atoms with Gasteiger partial charge in [0.25, 0.3) is 0 Å². The van der Waals surface area contributed by atoms with Crippen molar-refractivity contribution < 1.29 is 0 Å². The maximum atomic E-state index is 5.76. The number of hydrogen-bond acceptors (Lipinski definition) is 3. The van der Waals surface area contributed by atoms with Crippen LogP contribution in [0.5, 0.6) is 0 Å². The monoisotopic (exact) mass is 219 g/mol. The highest BCUT2D eigenvalue weighted by molar-refractivity contribution is 5.54. The zero-order chi connectivity index (χ0) is 11.7. The lowest BCUT2D eigenvalue weighted by Crippen LogP contribution is -2.31. The molecule has 0 aliphatic heterocycles. The van der Waals surface area contributed by atoms with E-state index < -0.39 is 0 Å². The first kappa shape index (κ1) is 11.4. The molecule has 1 saturated carbocycles. The van der Waals surface area contributed by atoms with Crippen molar-refractivity contribution in [2.24, 2.45) is 11.7 Å². The molecule has 0 amide bonds. The molecule has 1 aromatic rings. The summed E-state index contributed by atoms with van der Waals surface area (Å²) in [6, 6.07) is 2.74. The molecule has 0 saturated heterocycles. The van der Waals surface area contributed by atoms with Crippen LogP contribution in [0.2, 0.25) is 0 Å². The van der Waals surface area contributed by atoms with Crippen LogP contribution in [0.15, 0.2) is 12.3 Å². The number of aromatic nitrogens is 1. The third kappa shape index (κ3) is 2.19. The van der Waals surface area contributed by atoms with E-state index in [1.54, 1.807) is 0 Å². The number of rotatable bonds is 4. The summed E-state index contributed by atoms with van der Waals surface area (Å²) in [5.41, 5.74) is 9.21. The average molecular weight is 219 g/mol. The summed E-state index contributed by atoms with van der Waals surface area (Å²) in [5, 5.41) is 0. The van der Waals surface area contributed by atoms with E-state index in [1.807, 2.05) is 13.1 Å². The van der Waals surface area contributed by atoms with Crippen molar-refractivity contribution in [3.8, 4) is 0 Å². The fourth-order valence-corrected chi connectivity index (χ4v) is 2.17. The second-order valence-corrected chi connectivity index (χ2v) is 4.85. The minimum Gasteiger partial charge on any atom is -0.371 e. The molecule has 1 fully saturated rings. The summed E-state index contributed by atoms with van der Waals surface area (Å²) in [7, 11) is 2.16. The van der Waals surface area contributed by atoms with Gasteiger partial charge < -0.3 is 10.6 Å². The van der Waals surface area contributed by atoms with Crippen molar-refractivity contribution in [2.45, 2.75) is 39.3 Å². The molecule has 0 radical (unpaired) electrons. The van der Waals surface area contributed by atoms with Gasteiger partial charge in [0.2, 0.25) is 0 Å². The van der Waals surface area contributed by atoms with Gasteiger partial charge in [-0.15, -0.1) is 0 Å². The van der Waals surface area contributed by atoms with Crippen LogP contribution >= 0.6 is 0 Å². The topological polar surface area (TPSA) is 42.1 Å². The summed E-state index contributed by atoms with van der Waals surface area (Å²) >= 11 is 0. The maximum Gasteiger partial charge on any atom is 0.0445 e. The number of pyridine rings is 1. The summed E-state index contributed by atoms with van der Waals surface area (Å²) in [4.78, 5) is 6.66. The highest BCUT2D eigenvalue weighted by Crippen LogP contribution is 2.36. The molecule has 1 aliphatic carbocycles. The number of hydrogen-bond donors (Lipinski definition) is 1. The van der Waals surface area contributed by atoms with Crippen LogP contribution in [0.4, 0.5) is 5.69 Å². The zero-order valence-corrected chi connectivity index (χ0v) is 10.4. The zero-order valence-electron chi connectivity index (χ0n) is 10.4. The molecule has 1 aliphatic rings. The predicted octanol–water partition coefficient (Wildman–Crippen LogP) is 2.08. The molecule has 0 aromatic carbocycles. The minimum absolute atomic E-state index is 0.560. The quantitative estimate of drug-likeness (QED) is 0.843. The third-order valence-electron chi connectivity index (χ3n) is 3.61. The standard InChI is InChI=1S/C13H21N3/c1-9-6-13(12(7-14)8-15-9)16(3)10(2)11-4-5-11/h6,8,10-11H,4-5,7,14H2,1-3H3. The molecule has 2 N–H and O–H groups in total. The lowest BCUT2D eigenvalue weighted by molar-refractivity contribution is 0.607. The van der Waals surface area contributed by atoms with E-state index in [0.717, 1.165) is 17.2 Å². The Balaban J connectivity index is 2.26. The fraction of sp³-hybridized carbons (Fsp3) is 0.615. The molecule has 0 spiro atoms. The fourth-order valence-electron chi connectivity index (χ4n) is 2.17. The smallest absolute Gasteiger partial charge is 0.0445 e. The molecule has 3 nitrogen and oxygen atoms in total. The van der Waals surface area contributed by atoms with E-state index in [4.69, 9.17) is 5.73 Å². The van der Waals surface area contributed by atoms with Crippen molar-refractivity contribution >= 4 is 5.69 Å². The summed E-state index contributed by atoms with van der Waals surface area (Å²) in [5.74, 6) is 0.865. The van der Waals surface area contributed by atoms with E-state index in [1.165, 1.54) is 18.5 Å². The Morgan fingerprint density at radius 3 is 2.81 bits per heavy atom. The van der Waals surface area contributed by atoms with Gasteiger partial charge in [0, 0.05) is 42.8 Å². The maximum absolute atomic E-state index is 5.76. The van der Waals surface area contributed by atoms with Crippen LogP contribution in [-0.2, 0) is 6.54 Å². The van der Waals surface area contributed by atoms with Crippen molar-refractivity contribution in [3.05, 3.63) is 23.5 Å². The first-order valence-electron chi connectivity index (χ1n) is 6.02. The summed E-state index contributed by atoms with van der Waals surface area (Å²) in [6.45, 7) is 4.89. The highest BCUT2D eigenvalue weighted by atomic mass is 15.1. The van der Waals surface area contributed by atoms with Gasteiger partial charge in [-0.3, -0.25) is 4.98 Å². The van der Waals surface area contributed by atoms with E-state index in [2.05, 4.69) is 29.9 Å². The Morgan fingerprint density at radius 1 is 1.56 bits per heavy atom. The molecule has 1 atom stereocenters. The Hall–Kier alpha value is -1.09. The van der Waals surface area contributed by atoms with Crippen LogP contribution in [0.1, 0.15) is 31.0 Å². The molecule has 1 unspecified atom stereocenters. The van der Waals surface area contributed by atoms with Crippen molar-refractivity contribution in [3.63, 3.8) is 0 Å². The molecule has 1 heterocycles. The number of anilines is 1. The third-order valence-corrected chi connectivity index (χ3v) is 3.61. The second-order valence-electron chi connectivity index (χ2n) is 4.85.